The van der Waals surface area contributed by atoms with Crippen molar-refractivity contribution in [2.75, 3.05) is 11.9 Å². The number of carbonyl (C=O) groups is 1. The molecular formula is C24H25ClN4O3. The van der Waals surface area contributed by atoms with Crippen molar-refractivity contribution in [1.29, 1.82) is 0 Å². The molecule has 0 radical (unpaired) electrons. The number of hydrogen-bond acceptors (Lipinski definition) is 6. The lowest BCUT2D eigenvalue weighted by atomic mass is 9.95. The predicted octanol–water partition coefficient (Wildman–Crippen LogP) is 5.14. The fourth-order valence-corrected chi connectivity index (χ4v) is 3.79. The van der Waals surface area contributed by atoms with E-state index in [1.165, 1.54) is 6.33 Å². The van der Waals surface area contributed by atoms with E-state index in [-0.39, 0.29) is 5.97 Å². The molecule has 0 fully saturated rings. The van der Waals surface area contributed by atoms with Gasteiger partial charge in [0.2, 0.25) is 5.95 Å². The van der Waals surface area contributed by atoms with Crippen LogP contribution in [0.3, 0.4) is 0 Å². The Morgan fingerprint density at radius 1 is 1.22 bits per heavy atom. The molecule has 0 saturated carbocycles. The highest BCUT2D eigenvalue weighted by atomic mass is 35.5. The number of esters is 1. The minimum atomic E-state index is -0.480. The number of ether oxygens (including phenoxy) is 2. The van der Waals surface area contributed by atoms with Crippen LogP contribution in [0.25, 0.3) is 0 Å². The van der Waals surface area contributed by atoms with Crippen LogP contribution in [0.5, 0.6) is 5.75 Å². The minimum absolute atomic E-state index is 0.338. The second-order valence-corrected chi connectivity index (χ2v) is 7.94. The lowest BCUT2D eigenvalue weighted by Crippen LogP contribution is -2.29. The Morgan fingerprint density at radius 3 is 2.88 bits per heavy atom. The number of nitrogens with zero attached hydrogens (tertiary/aromatic N) is 3. The van der Waals surface area contributed by atoms with Crippen LogP contribution in [0.1, 0.15) is 43.9 Å². The Kier molecular flexibility index (Phi) is 6.75. The van der Waals surface area contributed by atoms with Gasteiger partial charge in [0, 0.05) is 16.3 Å². The molecule has 3 aromatic rings. The van der Waals surface area contributed by atoms with E-state index < -0.39 is 6.04 Å². The fraction of sp³-hybridized carbons (Fsp3) is 0.292. The Labute approximate surface area is 192 Å². The van der Waals surface area contributed by atoms with E-state index in [1.807, 2.05) is 55.5 Å². The third kappa shape index (κ3) is 4.62. The summed E-state index contributed by atoms with van der Waals surface area (Å²) in [5, 5.41) is 8.16. The van der Waals surface area contributed by atoms with Crippen LogP contribution in [0.2, 0.25) is 5.02 Å². The predicted molar refractivity (Wildman–Crippen MR) is 123 cm³/mol. The molecule has 1 aromatic heterocycles. The van der Waals surface area contributed by atoms with Crippen molar-refractivity contribution in [2.24, 2.45) is 0 Å². The second-order valence-electron chi connectivity index (χ2n) is 7.54. The topological polar surface area (TPSA) is 78.3 Å². The maximum Gasteiger partial charge on any atom is 0.338 e. The number of aromatic nitrogens is 3. The highest BCUT2D eigenvalue weighted by molar-refractivity contribution is 6.31. The first kappa shape index (κ1) is 21.9. The largest absolute Gasteiger partial charge is 0.489 e. The molecule has 7 nitrogen and oxygen atoms in total. The maximum atomic E-state index is 13.0. The molecule has 1 unspecified atom stereocenters. The summed E-state index contributed by atoms with van der Waals surface area (Å²) in [7, 11) is 0. The van der Waals surface area contributed by atoms with Crippen LogP contribution < -0.4 is 10.1 Å². The van der Waals surface area contributed by atoms with Crippen molar-refractivity contribution in [2.45, 2.75) is 39.3 Å². The second kappa shape index (κ2) is 9.87. The Bertz CT molecular complexity index is 1140. The van der Waals surface area contributed by atoms with Gasteiger partial charge in [0.1, 0.15) is 24.7 Å². The summed E-state index contributed by atoms with van der Waals surface area (Å²) in [6.07, 6.45) is 3.23. The smallest absolute Gasteiger partial charge is 0.338 e. The van der Waals surface area contributed by atoms with Gasteiger partial charge in [-0.2, -0.15) is 10.1 Å². The summed E-state index contributed by atoms with van der Waals surface area (Å²) in [6, 6.07) is 14.7. The average Bonchev–Trinajstić information content (AvgIpc) is 3.26. The number of carbonyl (C=O) groups excluding carboxylic acids is 1. The van der Waals surface area contributed by atoms with Crippen molar-refractivity contribution in [3.05, 3.63) is 82.3 Å². The van der Waals surface area contributed by atoms with Crippen molar-refractivity contribution >= 4 is 23.5 Å². The SMILES string of the molecule is CCCCOC(=O)C1=C(C)Nc2ncnn2C1c1cccc(OCc2ccccc2Cl)c1. The van der Waals surface area contributed by atoms with E-state index >= 15 is 0 Å². The van der Waals surface area contributed by atoms with Gasteiger partial charge in [0.15, 0.2) is 0 Å². The van der Waals surface area contributed by atoms with Crippen LogP contribution in [0, 0.1) is 0 Å². The Morgan fingerprint density at radius 2 is 2.06 bits per heavy atom. The number of nitrogens with one attached hydrogen (secondary N) is 1. The molecule has 1 aliphatic rings. The molecule has 0 bridgehead atoms. The first-order valence-electron chi connectivity index (χ1n) is 10.6. The van der Waals surface area contributed by atoms with Crippen LogP contribution in [0.4, 0.5) is 5.95 Å². The quantitative estimate of drug-likeness (QED) is 0.376. The summed E-state index contributed by atoms with van der Waals surface area (Å²) in [4.78, 5) is 17.3. The van der Waals surface area contributed by atoms with Crippen LogP contribution in [0.15, 0.2) is 66.1 Å². The number of fused-ring (bicyclic) bond motifs is 1. The van der Waals surface area contributed by atoms with E-state index in [1.54, 1.807) is 4.68 Å². The van der Waals surface area contributed by atoms with Crippen molar-refractivity contribution in [1.82, 2.24) is 14.8 Å². The normalized spacial score (nSPS) is 15.2. The summed E-state index contributed by atoms with van der Waals surface area (Å²) >= 11 is 6.25. The lowest BCUT2D eigenvalue weighted by Gasteiger charge is -2.28. The number of rotatable bonds is 8. The monoisotopic (exact) mass is 452 g/mol. The van der Waals surface area contributed by atoms with E-state index in [0.29, 0.717) is 41.2 Å². The molecule has 32 heavy (non-hydrogen) atoms. The average molecular weight is 453 g/mol. The molecule has 1 N–H and O–H groups in total. The van der Waals surface area contributed by atoms with Crippen molar-refractivity contribution in [3.63, 3.8) is 0 Å². The van der Waals surface area contributed by atoms with Gasteiger partial charge in [-0.05, 0) is 37.1 Å². The number of allylic oxidation sites excluding steroid dienone is 1. The highest BCUT2D eigenvalue weighted by Gasteiger charge is 2.34. The van der Waals surface area contributed by atoms with Crippen LogP contribution >= 0.6 is 11.6 Å². The fourth-order valence-electron chi connectivity index (χ4n) is 3.60. The van der Waals surface area contributed by atoms with Crippen molar-refractivity contribution in [3.8, 4) is 5.75 Å². The molecule has 2 heterocycles. The van der Waals surface area contributed by atoms with E-state index in [2.05, 4.69) is 22.3 Å². The van der Waals surface area contributed by atoms with Gasteiger partial charge in [-0.1, -0.05) is 55.3 Å². The highest BCUT2D eigenvalue weighted by Crippen LogP contribution is 2.36. The lowest BCUT2D eigenvalue weighted by molar-refractivity contribution is -0.139. The molecule has 0 amide bonds. The number of unbranched alkanes of at least 4 members (excludes halogenated alkanes) is 1. The van der Waals surface area contributed by atoms with Gasteiger partial charge in [-0.3, -0.25) is 0 Å². The van der Waals surface area contributed by atoms with Gasteiger partial charge in [-0.25, -0.2) is 9.48 Å². The molecular weight excluding hydrogens is 428 g/mol. The van der Waals surface area contributed by atoms with E-state index in [9.17, 15) is 4.79 Å². The number of anilines is 1. The molecule has 4 rings (SSSR count). The standard InChI is InChI=1S/C24H25ClN4O3/c1-3-4-12-31-23(30)21-16(2)28-24-26-15-27-29(24)22(21)17-9-7-10-19(13-17)32-14-18-8-5-6-11-20(18)25/h5-11,13,15,22H,3-4,12,14H2,1-2H3,(H,26,27,28). The van der Waals surface area contributed by atoms with Crippen LogP contribution in [-0.4, -0.2) is 27.3 Å². The molecule has 0 saturated heterocycles. The Hall–Kier alpha value is -3.32. The van der Waals surface area contributed by atoms with Crippen molar-refractivity contribution < 1.29 is 14.3 Å². The van der Waals surface area contributed by atoms with E-state index in [0.717, 1.165) is 24.0 Å². The zero-order valence-corrected chi connectivity index (χ0v) is 18.8. The molecule has 1 atom stereocenters. The third-order valence-corrected chi connectivity index (χ3v) is 5.64. The Balaban J connectivity index is 1.63. The zero-order chi connectivity index (χ0) is 22.5. The molecule has 0 spiro atoms. The third-order valence-electron chi connectivity index (χ3n) is 5.27. The van der Waals surface area contributed by atoms with Gasteiger partial charge in [-0.15, -0.1) is 0 Å². The number of halogens is 1. The maximum absolute atomic E-state index is 13.0. The number of benzene rings is 2. The summed E-state index contributed by atoms with van der Waals surface area (Å²) < 4.78 is 13.2. The summed E-state index contributed by atoms with van der Waals surface area (Å²) in [6.45, 7) is 4.62. The number of hydrogen-bond donors (Lipinski definition) is 1. The van der Waals surface area contributed by atoms with Gasteiger partial charge in [0.25, 0.3) is 0 Å². The van der Waals surface area contributed by atoms with Crippen LogP contribution in [-0.2, 0) is 16.1 Å². The summed E-state index contributed by atoms with van der Waals surface area (Å²) in [5.41, 5.74) is 2.94. The van der Waals surface area contributed by atoms with E-state index in [4.69, 9.17) is 21.1 Å². The molecule has 1 aliphatic heterocycles. The first-order valence-corrected chi connectivity index (χ1v) is 11.0. The first-order chi connectivity index (χ1) is 15.6. The van der Waals surface area contributed by atoms with Gasteiger partial charge >= 0.3 is 5.97 Å². The minimum Gasteiger partial charge on any atom is -0.489 e. The molecule has 166 valence electrons. The molecule has 0 aliphatic carbocycles. The molecule has 2 aromatic carbocycles. The molecule has 8 heteroatoms. The zero-order valence-electron chi connectivity index (χ0n) is 18.0. The van der Waals surface area contributed by atoms with Gasteiger partial charge in [0.05, 0.1) is 12.2 Å². The summed E-state index contributed by atoms with van der Waals surface area (Å²) in [5.74, 6) is 0.871. The van der Waals surface area contributed by atoms with Gasteiger partial charge < -0.3 is 14.8 Å².